The van der Waals surface area contributed by atoms with Crippen molar-refractivity contribution in [2.75, 3.05) is 33.5 Å². The Morgan fingerprint density at radius 1 is 1.28 bits per heavy atom. The molecule has 1 aromatic carbocycles. The standard InChI is InChI=1S/C24H31FN2O5/c1-5-32-23(29)22-18(13-31-9-8-26)27-17-11-24(2,3)12-19(28)21(17)20(22)15-10-14(30-4)6-7-16(15)25/h6-7,10,20-21H,5,8-9,11-13,26H2,1-4H3. The van der Waals surface area contributed by atoms with E-state index in [0.717, 1.165) is 0 Å². The Balaban J connectivity index is 2.24. The Hall–Kier alpha value is -2.58. The maximum absolute atomic E-state index is 15.2. The Labute approximate surface area is 187 Å². The Morgan fingerprint density at radius 2 is 2.03 bits per heavy atom. The fourth-order valence-electron chi connectivity index (χ4n) is 4.54. The number of hydrogen-bond donors (Lipinski definition) is 1. The number of carbonyl (C=O) groups is 2. The molecule has 2 aliphatic rings. The number of carbonyl (C=O) groups excluding carboxylic acids is 2. The summed E-state index contributed by atoms with van der Waals surface area (Å²) in [6.07, 6.45) is 0.871. The number of aliphatic imine (C=N–C) groups is 1. The highest BCUT2D eigenvalue weighted by atomic mass is 19.1. The van der Waals surface area contributed by atoms with Crippen LogP contribution < -0.4 is 10.5 Å². The van der Waals surface area contributed by atoms with Gasteiger partial charge in [0.1, 0.15) is 17.3 Å². The van der Waals surface area contributed by atoms with Gasteiger partial charge in [-0.3, -0.25) is 9.79 Å². The minimum Gasteiger partial charge on any atom is -0.497 e. The second kappa shape index (κ2) is 9.92. The van der Waals surface area contributed by atoms with Crippen molar-refractivity contribution in [3.05, 3.63) is 40.8 Å². The first kappa shape index (κ1) is 24.1. The van der Waals surface area contributed by atoms with Gasteiger partial charge in [0, 0.05) is 30.2 Å². The third-order valence-electron chi connectivity index (χ3n) is 5.79. The number of halogens is 1. The highest BCUT2D eigenvalue weighted by Crippen LogP contribution is 2.48. The number of nitrogens with zero attached hydrogens (tertiary/aromatic N) is 1. The molecule has 8 heteroatoms. The molecule has 1 aromatic rings. The molecule has 2 unspecified atom stereocenters. The van der Waals surface area contributed by atoms with Crippen LogP contribution in [0.2, 0.25) is 0 Å². The first-order valence-electron chi connectivity index (χ1n) is 10.8. The van der Waals surface area contributed by atoms with Crippen LogP contribution in [0, 0.1) is 17.2 Å². The minimum atomic E-state index is -0.878. The average Bonchev–Trinajstić information content (AvgIpc) is 2.72. The van der Waals surface area contributed by atoms with Gasteiger partial charge >= 0.3 is 5.97 Å². The van der Waals surface area contributed by atoms with E-state index in [1.54, 1.807) is 6.92 Å². The molecule has 0 spiro atoms. The highest BCUT2D eigenvalue weighted by molar-refractivity contribution is 6.12. The summed E-state index contributed by atoms with van der Waals surface area (Å²) in [4.78, 5) is 31.1. The summed E-state index contributed by atoms with van der Waals surface area (Å²) < 4.78 is 31.4. The van der Waals surface area contributed by atoms with Crippen molar-refractivity contribution in [2.45, 2.75) is 39.5 Å². The van der Waals surface area contributed by atoms with Crippen LogP contribution in [0.4, 0.5) is 4.39 Å². The lowest BCUT2D eigenvalue weighted by Crippen LogP contribution is -2.44. The minimum absolute atomic E-state index is 0.0122. The smallest absolute Gasteiger partial charge is 0.336 e. The monoisotopic (exact) mass is 446 g/mol. The third kappa shape index (κ3) is 4.91. The Morgan fingerprint density at radius 3 is 2.69 bits per heavy atom. The van der Waals surface area contributed by atoms with E-state index in [-0.39, 0.29) is 42.2 Å². The van der Waals surface area contributed by atoms with Gasteiger partial charge in [0.2, 0.25) is 0 Å². The molecular weight excluding hydrogens is 415 g/mol. The molecule has 7 nitrogen and oxygen atoms in total. The number of fused-ring (bicyclic) bond motifs is 1. The topological polar surface area (TPSA) is 100 Å². The molecule has 1 saturated carbocycles. The SMILES string of the molecule is CCOC(=O)C1=C(COCCN)N=C2CC(C)(C)CC(=O)C2C1c1cc(OC)ccc1F. The molecule has 0 saturated heterocycles. The van der Waals surface area contributed by atoms with E-state index in [4.69, 9.17) is 24.9 Å². The lowest BCUT2D eigenvalue weighted by molar-refractivity contribution is -0.139. The Bertz CT molecular complexity index is 954. The number of ketones is 1. The van der Waals surface area contributed by atoms with Crippen LogP contribution >= 0.6 is 0 Å². The van der Waals surface area contributed by atoms with E-state index >= 15 is 4.39 Å². The quantitative estimate of drug-likeness (QED) is 0.486. The number of methoxy groups -OCH3 is 1. The average molecular weight is 447 g/mol. The molecule has 0 bridgehead atoms. The number of hydrogen-bond acceptors (Lipinski definition) is 7. The molecule has 1 heterocycles. The second-order valence-electron chi connectivity index (χ2n) is 8.85. The summed E-state index contributed by atoms with van der Waals surface area (Å²) in [5, 5.41) is 0. The zero-order valence-electron chi connectivity index (χ0n) is 19.1. The summed E-state index contributed by atoms with van der Waals surface area (Å²) in [6.45, 7) is 6.42. The van der Waals surface area contributed by atoms with Crippen LogP contribution in [0.3, 0.4) is 0 Å². The van der Waals surface area contributed by atoms with Gasteiger partial charge in [0.05, 0.1) is 44.1 Å². The normalized spacial score (nSPS) is 22.3. The molecule has 0 amide bonds. The van der Waals surface area contributed by atoms with Gasteiger partial charge < -0.3 is 19.9 Å². The first-order valence-corrected chi connectivity index (χ1v) is 10.8. The molecule has 1 fully saturated rings. The number of nitrogens with two attached hydrogens (primary N) is 1. The molecule has 3 rings (SSSR count). The number of rotatable bonds is 8. The zero-order chi connectivity index (χ0) is 23.5. The third-order valence-corrected chi connectivity index (χ3v) is 5.79. The van der Waals surface area contributed by atoms with Gasteiger partial charge in [-0.25, -0.2) is 9.18 Å². The fourth-order valence-corrected chi connectivity index (χ4v) is 4.54. The van der Waals surface area contributed by atoms with Gasteiger partial charge in [-0.05, 0) is 37.0 Å². The lowest BCUT2D eigenvalue weighted by atomic mass is 9.63. The van der Waals surface area contributed by atoms with Crippen molar-refractivity contribution in [1.82, 2.24) is 0 Å². The van der Waals surface area contributed by atoms with Crippen molar-refractivity contribution in [1.29, 1.82) is 0 Å². The number of ether oxygens (including phenoxy) is 3. The van der Waals surface area contributed by atoms with Gasteiger partial charge in [-0.2, -0.15) is 0 Å². The van der Waals surface area contributed by atoms with E-state index in [0.29, 0.717) is 36.5 Å². The molecule has 174 valence electrons. The van der Waals surface area contributed by atoms with Crippen LogP contribution in [0.15, 0.2) is 34.5 Å². The molecule has 0 radical (unpaired) electrons. The maximum atomic E-state index is 15.2. The fraction of sp³-hybridized carbons (Fsp3) is 0.542. The predicted molar refractivity (Wildman–Crippen MR) is 118 cm³/mol. The lowest BCUT2D eigenvalue weighted by Gasteiger charge is -2.41. The Kier molecular flexibility index (Phi) is 7.46. The summed E-state index contributed by atoms with van der Waals surface area (Å²) in [7, 11) is 1.48. The molecule has 2 atom stereocenters. The predicted octanol–water partition coefficient (Wildman–Crippen LogP) is 3.17. The van der Waals surface area contributed by atoms with E-state index in [2.05, 4.69) is 0 Å². The molecule has 1 aliphatic carbocycles. The highest BCUT2D eigenvalue weighted by Gasteiger charge is 2.49. The molecular formula is C24H31FN2O5. The van der Waals surface area contributed by atoms with Crippen LogP contribution in [-0.2, 0) is 19.1 Å². The van der Waals surface area contributed by atoms with Crippen molar-refractivity contribution in [2.24, 2.45) is 22.1 Å². The summed E-state index contributed by atoms with van der Waals surface area (Å²) in [5.41, 5.74) is 6.60. The molecule has 0 aromatic heterocycles. The van der Waals surface area contributed by atoms with Gasteiger partial charge in [0.15, 0.2) is 0 Å². The first-order chi connectivity index (χ1) is 15.2. The van der Waals surface area contributed by atoms with Crippen molar-refractivity contribution >= 4 is 17.5 Å². The molecule has 32 heavy (non-hydrogen) atoms. The van der Waals surface area contributed by atoms with Crippen molar-refractivity contribution in [3.63, 3.8) is 0 Å². The molecule has 2 N–H and O–H groups in total. The second-order valence-corrected chi connectivity index (χ2v) is 8.85. The van der Waals surface area contributed by atoms with Gasteiger partial charge in [0.25, 0.3) is 0 Å². The van der Waals surface area contributed by atoms with E-state index in [1.165, 1.54) is 25.3 Å². The number of esters is 1. The van der Waals surface area contributed by atoms with E-state index < -0.39 is 23.6 Å². The van der Waals surface area contributed by atoms with Crippen LogP contribution in [0.1, 0.15) is 45.1 Å². The molecule has 1 aliphatic heterocycles. The van der Waals surface area contributed by atoms with E-state index in [9.17, 15) is 9.59 Å². The summed E-state index contributed by atoms with van der Waals surface area (Å²) in [6, 6.07) is 4.32. The van der Waals surface area contributed by atoms with Crippen LogP contribution in [0.5, 0.6) is 5.75 Å². The van der Waals surface area contributed by atoms with Crippen LogP contribution in [0.25, 0.3) is 0 Å². The van der Waals surface area contributed by atoms with Crippen molar-refractivity contribution in [3.8, 4) is 5.75 Å². The largest absolute Gasteiger partial charge is 0.497 e. The number of Topliss-reactive ketones (excluding diaryl/α,β-unsaturated/α-hetero) is 1. The zero-order valence-corrected chi connectivity index (χ0v) is 19.1. The van der Waals surface area contributed by atoms with E-state index in [1.807, 2.05) is 13.8 Å². The van der Waals surface area contributed by atoms with Crippen LogP contribution in [-0.4, -0.2) is 50.9 Å². The summed E-state index contributed by atoms with van der Waals surface area (Å²) in [5.74, 6) is -2.43. The summed E-state index contributed by atoms with van der Waals surface area (Å²) >= 11 is 0. The van der Waals surface area contributed by atoms with Gasteiger partial charge in [-0.1, -0.05) is 13.8 Å². The van der Waals surface area contributed by atoms with Gasteiger partial charge in [-0.15, -0.1) is 0 Å². The number of benzene rings is 1. The maximum Gasteiger partial charge on any atom is 0.336 e. The van der Waals surface area contributed by atoms with Crippen molar-refractivity contribution < 1.29 is 28.2 Å².